The highest BCUT2D eigenvalue weighted by atomic mass is 32.2. The molecule has 0 aromatic heterocycles. The molecule has 0 saturated carbocycles. The Morgan fingerprint density at radius 1 is 1.06 bits per heavy atom. The van der Waals surface area contributed by atoms with Crippen molar-refractivity contribution in [1.29, 1.82) is 5.26 Å². The summed E-state index contributed by atoms with van der Waals surface area (Å²) in [6.45, 7) is 0.429. The van der Waals surface area contributed by atoms with E-state index in [-0.39, 0.29) is 18.2 Å². The van der Waals surface area contributed by atoms with Crippen LogP contribution >= 0.6 is 11.8 Å². The molecule has 1 fully saturated rings. The van der Waals surface area contributed by atoms with Crippen molar-refractivity contribution < 1.29 is 19.0 Å². The Morgan fingerprint density at radius 3 is 2.32 bits per heavy atom. The van der Waals surface area contributed by atoms with Gasteiger partial charge in [-0.05, 0) is 29.8 Å². The smallest absolute Gasteiger partial charge is 0.229 e. The minimum Gasteiger partial charge on any atom is -0.493 e. The third-order valence-electron chi connectivity index (χ3n) is 5.50. The Hall–Kier alpha value is -3.31. The van der Waals surface area contributed by atoms with Crippen LogP contribution in [-0.4, -0.2) is 44.7 Å². The maximum Gasteiger partial charge on any atom is 0.229 e. The first-order chi connectivity index (χ1) is 15.1. The largest absolute Gasteiger partial charge is 0.493 e. The molecule has 2 aliphatic heterocycles. The van der Waals surface area contributed by atoms with Gasteiger partial charge in [0.1, 0.15) is 0 Å². The van der Waals surface area contributed by atoms with E-state index in [4.69, 9.17) is 14.2 Å². The summed E-state index contributed by atoms with van der Waals surface area (Å²) in [6.07, 6.45) is 0.203. The molecule has 2 heterocycles. The zero-order valence-corrected chi connectivity index (χ0v) is 18.4. The predicted octanol–water partition coefficient (Wildman–Crippen LogP) is 3.93. The van der Waals surface area contributed by atoms with E-state index in [2.05, 4.69) is 11.0 Å². The highest BCUT2D eigenvalue weighted by molar-refractivity contribution is 8.03. The van der Waals surface area contributed by atoms with Gasteiger partial charge in [-0.15, -0.1) is 0 Å². The second-order valence-electron chi connectivity index (χ2n) is 7.16. The second-order valence-corrected chi connectivity index (χ2v) is 8.09. The minimum absolute atomic E-state index is 0.0131. The predicted molar refractivity (Wildman–Crippen MR) is 119 cm³/mol. The first-order valence-corrected chi connectivity index (χ1v) is 10.8. The van der Waals surface area contributed by atoms with Crippen LogP contribution in [0, 0.1) is 11.3 Å². The first-order valence-electron chi connectivity index (χ1n) is 9.78. The van der Waals surface area contributed by atoms with Gasteiger partial charge in [0.05, 0.1) is 50.5 Å². The summed E-state index contributed by atoms with van der Waals surface area (Å²) < 4.78 is 16.3. The third-order valence-corrected chi connectivity index (χ3v) is 6.66. The van der Waals surface area contributed by atoms with Crippen molar-refractivity contribution in [1.82, 2.24) is 4.90 Å². The van der Waals surface area contributed by atoms with E-state index in [1.54, 1.807) is 26.2 Å². The molecule has 2 aromatic carbocycles. The number of nitriles is 1. The minimum atomic E-state index is -0.367. The average molecular weight is 438 g/mol. The summed E-state index contributed by atoms with van der Waals surface area (Å²) in [5.74, 6) is 1.76. The summed E-state index contributed by atoms with van der Waals surface area (Å²) in [5.41, 5.74) is 2.43. The fourth-order valence-corrected chi connectivity index (χ4v) is 5.12. The lowest BCUT2D eigenvalue weighted by atomic mass is 9.86. The Morgan fingerprint density at radius 2 is 1.74 bits per heavy atom. The number of rotatable bonds is 5. The second kappa shape index (κ2) is 8.82. The SMILES string of the molecule is COc1cc(C2CC(=O)N3CN(c4ccccc4)CSC3=C2C#N)cc(OC)c1OC. The van der Waals surface area contributed by atoms with Crippen LogP contribution in [-0.2, 0) is 4.79 Å². The number of ether oxygens (including phenoxy) is 3. The van der Waals surface area contributed by atoms with Crippen LogP contribution in [0.2, 0.25) is 0 Å². The highest BCUT2D eigenvalue weighted by Gasteiger charge is 2.39. The van der Waals surface area contributed by atoms with E-state index >= 15 is 0 Å². The zero-order chi connectivity index (χ0) is 22.0. The number of carbonyl (C=O) groups is 1. The number of amides is 1. The molecule has 2 aliphatic rings. The fourth-order valence-electron chi connectivity index (χ4n) is 3.95. The standard InChI is InChI=1S/C23H23N3O4S/c1-28-19-9-15(10-20(29-2)22(19)30-3)17-11-21(27)26-13-25(16-7-5-4-6-8-16)14-31-23(26)18(17)12-24/h4-10,17H,11,13-14H2,1-3H3. The molecule has 8 heteroatoms. The lowest BCUT2D eigenvalue weighted by molar-refractivity contribution is -0.129. The van der Waals surface area contributed by atoms with Crippen LogP contribution in [0.25, 0.3) is 0 Å². The average Bonchev–Trinajstić information content (AvgIpc) is 2.83. The molecule has 1 saturated heterocycles. The third kappa shape index (κ3) is 3.77. The number of carbonyl (C=O) groups excluding carboxylic acids is 1. The molecule has 1 atom stereocenters. The molecular weight excluding hydrogens is 414 g/mol. The van der Waals surface area contributed by atoms with Gasteiger partial charge in [-0.2, -0.15) is 5.26 Å². The highest BCUT2D eigenvalue weighted by Crippen LogP contribution is 2.47. The summed E-state index contributed by atoms with van der Waals surface area (Å²) in [5, 5.41) is 10.8. The summed E-state index contributed by atoms with van der Waals surface area (Å²) >= 11 is 1.51. The number of fused-ring (bicyclic) bond motifs is 1. The van der Waals surface area contributed by atoms with E-state index in [1.165, 1.54) is 11.8 Å². The Bertz CT molecular complexity index is 1040. The molecule has 0 radical (unpaired) electrons. The van der Waals surface area contributed by atoms with Crippen LogP contribution in [0.3, 0.4) is 0 Å². The van der Waals surface area contributed by atoms with Crippen molar-refractivity contribution in [3.8, 4) is 23.3 Å². The Labute approximate surface area is 185 Å². The number of nitrogens with zero attached hydrogens (tertiary/aromatic N) is 3. The molecular formula is C23H23N3O4S. The van der Waals surface area contributed by atoms with Crippen molar-refractivity contribution in [3.05, 3.63) is 58.6 Å². The summed E-state index contributed by atoms with van der Waals surface area (Å²) in [6, 6.07) is 16.0. The van der Waals surface area contributed by atoms with E-state index < -0.39 is 0 Å². The van der Waals surface area contributed by atoms with Gasteiger partial charge in [-0.1, -0.05) is 30.0 Å². The number of hydrogen-bond acceptors (Lipinski definition) is 7. The Kier molecular flexibility index (Phi) is 5.96. The van der Waals surface area contributed by atoms with Crippen LogP contribution in [0.5, 0.6) is 17.2 Å². The van der Waals surface area contributed by atoms with E-state index in [1.807, 2.05) is 42.5 Å². The van der Waals surface area contributed by atoms with Gasteiger partial charge in [0.25, 0.3) is 0 Å². The number of anilines is 1. The van der Waals surface area contributed by atoms with Crippen molar-refractivity contribution in [2.24, 2.45) is 0 Å². The Balaban J connectivity index is 1.72. The van der Waals surface area contributed by atoms with Crippen LogP contribution in [0.15, 0.2) is 53.1 Å². The van der Waals surface area contributed by atoms with E-state index in [0.29, 0.717) is 35.4 Å². The number of methoxy groups -OCH3 is 3. The molecule has 1 unspecified atom stereocenters. The zero-order valence-electron chi connectivity index (χ0n) is 17.6. The van der Waals surface area contributed by atoms with Crippen LogP contribution in [0.1, 0.15) is 17.9 Å². The number of hydrogen-bond donors (Lipinski definition) is 0. The summed E-state index contributed by atoms with van der Waals surface area (Å²) in [7, 11) is 4.64. The molecule has 0 spiro atoms. The van der Waals surface area contributed by atoms with Crippen molar-refractivity contribution in [2.75, 3.05) is 38.8 Å². The molecule has 4 rings (SSSR count). The van der Waals surface area contributed by atoms with Gasteiger partial charge in [-0.3, -0.25) is 9.69 Å². The quantitative estimate of drug-likeness (QED) is 0.701. The van der Waals surface area contributed by atoms with Gasteiger partial charge in [0.15, 0.2) is 11.5 Å². The molecule has 1 amide bonds. The van der Waals surface area contributed by atoms with Gasteiger partial charge in [0.2, 0.25) is 11.7 Å². The molecule has 2 aromatic rings. The number of thioether (sulfide) groups is 1. The van der Waals surface area contributed by atoms with E-state index in [0.717, 1.165) is 16.3 Å². The van der Waals surface area contributed by atoms with E-state index in [9.17, 15) is 10.1 Å². The fraction of sp³-hybridized carbons (Fsp3) is 0.304. The monoisotopic (exact) mass is 437 g/mol. The van der Waals surface area contributed by atoms with Crippen molar-refractivity contribution in [3.63, 3.8) is 0 Å². The maximum absolute atomic E-state index is 13.1. The molecule has 0 aliphatic carbocycles. The maximum atomic E-state index is 13.1. The van der Waals surface area contributed by atoms with Crippen LogP contribution in [0.4, 0.5) is 5.69 Å². The normalized spacial score (nSPS) is 18.4. The topological polar surface area (TPSA) is 75.0 Å². The van der Waals surface area contributed by atoms with Gasteiger partial charge in [0, 0.05) is 18.0 Å². The van der Waals surface area contributed by atoms with Gasteiger partial charge in [-0.25, -0.2) is 0 Å². The molecule has 7 nitrogen and oxygen atoms in total. The molecule has 0 N–H and O–H groups in total. The molecule has 160 valence electrons. The lowest BCUT2D eigenvalue weighted by Crippen LogP contribution is -2.47. The van der Waals surface area contributed by atoms with Gasteiger partial charge < -0.3 is 19.1 Å². The molecule has 31 heavy (non-hydrogen) atoms. The number of allylic oxidation sites excluding steroid dienone is 1. The van der Waals surface area contributed by atoms with Crippen molar-refractivity contribution in [2.45, 2.75) is 12.3 Å². The number of benzene rings is 2. The first kappa shape index (κ1) is 20.9. The van der Waals surface area contributed by atoms with Crippen LogP contribution < -0.4 is 19.1 Å². The van der Waals surface area contributed by atoms with Gasteiger partial charge >= 0.3 is 0 Å². The van der Waals surface area contributed by atoms with Crippen molar-refractivity contribution >= 4 is 23.4 Å². The summed E-state index contributed by atoms with van der Waals surface area (Å²) in [4.78, 5) is 17.0. The number of para-hydroxylation sites is 1. The lowest BCUT2D eigenvalue weighted by Gasteiger charge is -2.42. The molecule has 0 bridgehead atoms.